The summed E-state index contributed by atoms with van der Waals surface area (Å²) in [7, 11) is 1.59. The van der Waals surface area contributed by atoms with E-state index in [0.717, 1.165) is 0 Å². The average Bonchev–Trinajstić information content (AvgIpc) is 3.15. The highest BCUT2D eigenvalue weighted by Crippen LogP contribution is 2.27. The molecule has 1 aliphatic heterocycles. The van der Waals surface area contributed by atoms with Crippen molar-refractivity contribution in [2.75, 3.05) is 24.4 Å². The van der Waals surface area contributed by atoms with E-state index in [1.807, 2.05) is 18.2 Å². The third kappa shape index (κ3) is 4.14. The molecule has 1 aliphatic rings. The van der Waals surface area contributed by atoms with Crippen LogP contribution in [0, 0.1) is 0 Å². The zero-order chi connectivity index (χ0) is 20.4. The number of aromatic nitrogens is 3. The molecule has 0 fully saturated rings. The van der Waals surface area contributed by atoms with E-state index in [-0.39, 0.29) is 12.5 Å². The number of carbonyl (C=O) groups is 1. The minimum atomic E-state index is -0.254. The number of halogens is 2. The second kappa shape index (κ2) is 8.52. The molecule has 3 aromatic rings. The highest BCUT2D eigenvalue weighted by atomic mass is 35.5. The molecule has 0 aliphatic carbocycles. The molecule has 0 saturated heterocycles. The van der Waals surface area contributed by atoms with Crippen molar-refractivity contribution < 1.29 is 14.3 Å². The van der Waals surface area contributed by atoms with E-state index in [9.17, 15) is 4.79 Å². The standard InChI is InChI=1S/C19H16Cl2N4O3S/c1-27-13-3-2-4-14(10-13)28-11-17-22-23-19-25(17)24(7-8-29-19)18(26)15-6-5-12(20)9-16(15)21/h2-6,9-10H,7-8,11H2,1H3. The van der Waals surface area contributed by atoms with Crippen LogP contribution >= 0.6 is 35.0 Å². The number of hydrogen-bond acceptors (Lipinski definition) is 6. The summed E-state index contributed by atoms with van der Waals surface area (Å²) >= 11 is 13.7. The van der Waals surface area contributed by atoms with Gasteiger partial charge in [0.2, 0.25) is 5.16 Å². The van der Waals surface area contributed by atoms with Crippen molar-refractivity contribution in [3.63, 3.8) is 0 Å². The van der Waals surface area contributed by atoms with Crippen LogP contribution in [-0.2, 0) is 6.61 Å². The van der Waals surface area contributed by atoms with Crippen LogP contribution < -0.4 is 14.5 Å². The Morgan fingerprint density at radius 3 is 2.79 bits per heavy atom. The van der Waals surface area contributed by atoms with Gasteiger partial charge in [-0.05, 0) is 30.3 Å². The normalized spacial score (nSPS) is 13.1. The number of fused-ring (bicyclic) bond motifs is 1. The van der Waals surface area contributed by atoms with Crippen molar-refractivity contribution in [3.05, 3.63) is 63.9 Å². The van der Waals surface area contributed by atoms with E-state index in [2.05, 4.69) is 10.2 Å². The third-order valence-corrected chi connectivity index (χ3v) is 5.70. The maximum Gasteiger partial charge on any atom is 0.274 e. The molecule has 29 heavy (non-hydrogen) atoms. The summed E-state index contributed by atoms with van der Waals surface area (Å²) in [4.78, 5) is 13.2. The smallest absolute Gasteiger partial charge is 0.274 e. The lowest BCUT2D eigenvalue weighted by Crippen LogP contribution is -2.45. The fourth-order valence-corrected chi connectivity index (χ4v) is 4.24. The molecule has 10 heteroatoms. The zero-order valence-electron chi connectivity index (χ0n) is 15.3. The number of amides is 1. The summed E-state index contributed by atoms with van der Waals surface area (Å²) < 4.78 is 12.7. The van der Waals surface area contributed by atoms with Gasteiger partial charge in [0.25, 0.3) is 5.91 Å². The van der Waals surface area contributed by atoms with Gasteiger partial charge in [-0.25, -0.2) is 9.69 Å². The van der Waals surface area contributed by atoms with E-state index >= 15 is 0 Å². The lowest BCUT2D eigenvalue weighted by atomic mass is 10.2. The van der Waals surface area contributed by atoms with E-state index in [4.69, 9.17) is 32.7 Å². The minimum Gasteiger partial charge on any atom is -0.497 e. The van der Waals surface area contributed by atoms with Gasteiger partial charge in [0.1, 0.15) is 18.1 Å². The van der Waals surface area contributed by atoms with Gasteiger partial charge in [0.15, 0.2) is 5.82 Å². The number of benzene rings is 2. The minimum absolute atomic E-state index is 0.138. The molecule has 4 rings (SSSR count). The maximum absolute atomic E-state index is 13.2. The molecular formula is C19H16Cl2N4O3S. The van der Waals surface area contributed by atoms with Gasteiger partial charge in [-0.1, -0.05) is 41.0 Å². The average molecular weight is 451 g/mol. The number of nitrogens with zero attached hydrogens (tertiary/aromatic N) is 4. The van der Waals surface area contributed by atoms with E-state index in [0.29, 0.717) is 50.4 Å². The second-order valence-electron chi connectivity index (χ2n) is 6.08. The van der Waals surface area contributed by atoms with Gasteiger partial charge in [0.05, 0.1) is 24.2 Å². The van der Waals surface area contributed by atoms with Crippen molar-refractivity contribution in [2.24, 2.45) is 0 Å². The first kappa shape index (κ1) is 19.9. The molecule has 150 valence electrons. The Hall–Kier alpha value is -2.42. The summed E-state index contributed by atoms with van der Waals surface area (Å²) in [6.07, 6.45) is 0. The van der Waals surface area contributed by atoms with Gasteiger partial charge >= 0.3 is 0 Å². The fourth-order valence-electron chi connectivity index (χ4n) is 2.87. The lowest BCUT2D eigenvalue weighted by molar-refractivity contribution is 0.0953. The predicted octanol–water partition coefficient (Wildman–Crippen LogP) is 4.06. The molecule has 0 saturated carbocycles. The SMILES string of the molecule is COc1cccc(OCc2nnc3n2N(C(=O)c2ccc(Cl)cc2Cl)CCS3)c1. The Bertz CT molecular complexity index is 1060. The largest absolute Gasteiger partial charge is 0.497 e. The van der Waals surface area contributed by atoms with Crippen molar-refractivity contribution in [2.45, 2.75) is 11.8 Å². The topological polar surface area (TPSA) is 69.5 Å². The van der Waals surface area contributed by atoms with Gasteiger partial charge < -0.3 is 9.47 Å². The molecule has 7 nitrogen and oxygen atoms in total. The van der Waals surface area contributed by atoms with Crippen LogP contribution in [0.1, 0.15) is 16.2 Å². The van der Waals surface area contributed by atoms with Gasteiger partial charge in [-0.15, -0.1) is 10.2 Å². The van der Waals surface area contributed by atoms with Crippen molar-refractivity contribution in [1.29, 1.82) is 0 Å². The number of rotatable bonds is 5. The van der Waals surface area contributed by atoms with Gasteiger partial charge in [-0.3, -0.25) is 4.79 Å². The Balaban J connectivity index is 1.60. The van der Waals surface area contributed by atoms with Crippen molar-refractivity contribution >= 4 is 40.9 Å². The second-order valence-corrected chi connectivity index (χ2v) is 7.98. The maximum atomic E-state index is 13.2. The van der Waals surface area contributed by atoms with Crippen molar-refractivity contribution in [3.8, 4) is 11.5 Å². The highest BCUT2D eigenvalue weighted by Gasteiger charge is 2.29. The van der Waals surface area contributed by atoms with E-state index in [1.165, 1.54) is 11.8 Å². The van der Waals surface area contributed by atoms with Crippen LogP contribution in [0.5, 0.6) is 11.5 Å². The van der Waals surface area contributed by atoms with Crippen LogP contribution in [0.15, 0.2) is 47.6 Å². The molecule has 1 amide bonds. The summed E-state index contributed by atoms with van der Waals surface area (Å²) in [5, 5.41) is 11.4. The molecule has 0 N–H and O–H groups in total. The Morgan fingerprint density at radius 1 is 1.17 bits per heavy atom. The van der Waals surface area contributed by atoms with Crippen LogP contribution in [-0.4, -0.2) is 40.2 Å². The van der Waals surface area contributed by atoms with Crippen LogP contribution in [0.25, 0.3) is 0 Å². The number of carbonyl (C=O) groups excluding carboxylic acids is 1. The van der Waals surface area contributed by atoms with Crippen LogP contribution in [0.2, 0.25) is 10.0 Å². The Kier molecular flexibility index (Phi) is 5.84. The molecule has 0 atom stereocenters. The number of thioether (sulfide) groups is 1. The third-order valence-electron chi connectivity index (χ3n) is 4.26. The quantitative estimate of drug-likeness (QED) is 0.583. The molecule has 0 spiro atoms. The molecular weight excluding hydrogens is 435 g/mol. The number of methoxy groups -OCH3 is 1. The van der Waals surface area contributed by atoms with Gasteiger partial charge in [-0.2, -0.15) is 0 Å². The zero-order valence-corrected chi connectivity index (χ0v) is 17.7. The summed E-state index contributed by atoms with van der Waals surface area (Å²) in [6.45, 7) is 0.624. The van der Waals surface area contributed by atoms with E-state index in [1.54, 1.807) is 41.1 Å². The first-order chi connectivity index (χ1) is 14.1. The summed E-state index contributed by atoms with van der Waals surface area (Å²) in [6, 6.07) is 12.1. The first-order valence-electron chi connectivity index (χ1n) is 8.68. The molecule has 0 bridgehead atoms. The number of hydrogen-bond donors (Lipinski definition) is 0. The molecule has 0 radical (unpaired) electrons. The monoisotopic (exact) mass is 450 g/mol. The van der Waals surface area contributed by atoms with E-state index < -0.39 is 0 Å². The Morgan fingerprint density at radius 2 is 2.00 bits per heavy atom. The predicted molar refractivity (Wildman–Crippen MR) is 112 cm³/mol. The summed E-state index contributed by atoms with van der Waals surface area (Å²) in [5.74, 6) is 2.27. The summed E-state index contributed by atoms with van der Waals surface area (Å²) in [5.41, 5.74) is 0.363. The first-order valence-corrected chi connectivity index (χ1v) is 10.4. The fraction of sp³-hybridized carbons (Fsp3) is 0.211. The van der Waals surface area contributed by atoms with Gasteiger partial charge in [0, 0.05) is 16.8 Å². The highest BCUT2D eigenvalue weighted by molar-refractivity contribution is 7.99. The molecule has 1 aromatic heterocycles. The number of ether oxygens (including phenoxy) is 2. The molecule has 2 aromatic carbocycles. The lowest BCUT2D eigenvalue weighted by Gasteiger charge is -2.29. The molecule has 2 heterocycles. The molecule has 0 unspecified atom stereocenters. The van der Waals surface area contributed by atoms with Crippen molar-refractivity contribution in [1.82, 2.24) is 14.9 Å². The Labute approximate surface area is 181 Å². The van der Waals surface area contributed by atoms with Crippen LogP contribution in [0.3, 0.4) is 0 Å². The van der Waals surface area contributed by atoms with Crippen LogP contribution in [0.4, 0.5) is 0 Å².